The molecule has 1 N–H and O–H groups in total. The van der Waals surface area contributed by atoms with Gasteiger partial charge in [0.15, 0.2) is 0 Å². The zero-order chi connectivity index (χ0) is 13.2. The molecule has 1 aliphatic rings. The predicted octanol–water partition coefficient (Wildman–Crippen LogP) is 2.03. The number of rotatable bonds is 6. The third kappa shape index (κ3) is 2.77. The Labute approximate surface area is 113 Å². The topological polar surface area (TPSA) is 49.4 Å². The number of thiophene rings is 1. The van der Waals surface area contributed by atoms with Gasteiger partial charge in [-0.15, -0.1) is 11.3 Å². The molecule has 0 spiro atoms. The van der Waals surface area contributed by atoms with Crippen molar-refractivity contribution in [3.05, 3.63) is 17.0 Å². The van der Waals surface area contributed by atoms with Crippen LogP contribution in [0.5, 0.6) is 0 Å². The quantitative estimate of drug-likeness (QED) is 0.871. The standard InChI is InChI=1S/C12H20N2O2S2/c1-3-13-9-11-7-8-12(17-11)18(15,16)14(2)10-5-4-6-10/h7-8,10,13H,3-6,9H2,1-2H3. The van der Waals surface area contributed by atoms with E-state index in [4.69, 9.17) is 0 Å². The van der Waals surface area contributed by atoms with E-state index in [1.54, 1.807) is 17.4 Å². The van der Waals surface area contributed by atoms with Crippen LogP contribution in [0.15, 0.2) is 16.3 Å². The van der Waals surface area contributed by atoms with E-state index >= 15 is 0 Å². The molecule has 0 saturated heterocycles. The van der Waals surface area contributed by atoms with Crippen LogP contribution in [0.1, 0.15) is 31.1 Å². The average molecular weight is 288 g/mol. The maximum atomic E-state index is 12.4. The molecule has 0 aromatic carbocycles. The summed E-state index contributed by atoms with van der Waals surface area (Å²) in [6.07, 6.45) is 3.12. The maximum Gasteiger partial charge on any atom is 0.252 e. The predicted molar refractivity (Wildman–Crippen MR) is 74.3 cm³/mol. The molecule has 2 rings (SSSR count). The monoisotopic (exact) mass is 288 g/mol. The van der Waals surface area contributed by atoms with Gasteiger partial charge in [-0.1, -0.05) is 13.3 Å². The van der Waals surface area contributed by atoms with Gasteiger partial charge >= 0.3 is 0 Å². The molecule has 0 atom stereocenters. The van der Waals surface area contributed by atoms with Crippen LogP contribution in [0.25, 0.3) is 0 Å². The molecule has 4 nitrogen and oxygen atoms in total. The number of sulfonamides is 1. The lowest BCUT2D eigenvalue weighted by Gasteiger charge is -2.33. The Morgan fingerprint density at radius 3 is 2.72 bits per heavy atom. The van der Waals surface area contributed by atoms with Crippen molar-refractivity contribution in [1.82, 2.24) is 9.62 Å². The Kier molecular flexibility index (Phi) is 4.42. The fraction of sp³-hybridized carbons (Fsp3) is 0.667. The molecule has 1 aromatic heterocycles. The Morgan fingerprint density at radius 2 is 2.17 bits per heavy atom. The smallest absolute Gasteiger partial charge is 0.252 e. The minimum atomic E-state index is -3.28. The van der Waals surface area contributed by atoms with Crippen LogP contribution in [0.3, 0.4) is 0 Å². The van der Waals surface area contributed by atoms with Crippen LogP contribution in [0.2, 0.25) is 0 Å². The van der Waals surface area contributed by atoms with E-state index in [0.717, 1.165) is 37.2 Å². The lowest BCUT2D eigenvalue weighted by atomic mass is 9.94. The van der Waals surface area contributed by atoms with Crippen molar-refractivity contribution in [2.45, 2.75) is 43.0 Å². The highest BCUT2D eigenvalue weighted by Gasteiger charge is 2.32. The Hall–Kier alpha value is -0.430. The molecule has 1 aliphatic carbocycles. The Morgan fingerprint density at radius 1 is 1.44 bits per heavy atom. The first kappa shape index (κ1) is 14.0. The van der Waals surface area contributed by atoms with Crippen molar-refractivity contribution in [3.8, 4) is 0 Å². The molecule has 6 heteroatoms. The van der Waals surface area contributed by atoms with Gasteiger partial charge < -0.3 is 5.32 Å². The summed E-state index contributed by atoms with van der Waals surface area (Å²) in [5.41, 5.74) is 0. The van der Waals surface area contributed by atoms with E-state index < -0.39 is 10.0 Å². The van der Waals surface area contributed by atoms with E-state index in [1.165, 1.54) is 11.3 Å². The molecular weight excluding hydrogens is 268 g/mol. The first-order valence-electron chi connectivity index (χ1n) is 6.33. The van der Waals surface area contributed by atoms with Crippen molar-refractivity contribution in [3.63, 3.8) is 0 Å². The lowest BCUT2D eigenvalue weighted by molar-refractivity contribution is 0.250. The van der Waals surface area contributed by atoms with Crippen LogP contribution >= 0.6 is 11.3 Å². The fourth-order valence-electron chi connectivity index (χ4n) is 1.93. The van der Waals surface area contributed by atoms with Crippen LogP contribution in [-0.4, -0.2) is 32.4 Å². The average Bonchev–Trinajstić information content (AvgIpc) is 2.73. The van der Waals surface area contributed by atoms with Crippen molar-refractivity contribution in [1.29, 1.82) is 0 Å². The van der Waals surface area contributed by atoms with Gasteiger partial charge in [-0.2, -0.15) is 4.31 Å². The van der Waals surface area contributed by atoms with Crippen molar-refractivity contribution >= 4 is 21.4 Å². The van der Waals surface area contributed by atoms with Gasteiger partial charge in [0.05, 0.1) is 0 Å². The minimum absolute atomic E-state index is 0.203. The molecule has 1 heterocycles. The SMILES string of the molecule is CCNCc1ccc(S(=O)(=O)N(C)C2CCC2)s1. The molecule has 0 unspecified atom stereocenters. The summed E-state index contributed by atoms with van der Waals surface area (Å²) < 4.78 is 26.7. The summed E-state index contributed by atoms with van der Waals surface area (Å²) in [4.78, 5) is 1.07. The van der Waals surface area contributed by atoms with Gasteiger partial charge in [0.25, 0.3) is 10.0 Å². The highest BCUT2D eigenvalue weighted by molar-refractivity contribution is 7.91. The zero-order valence-corrected chi connectivity index (χ0v) is 12.5. The van der Waals surface area contributed by atoms with Gasteiger partial charge in [0.2, 0.25) is 0 Å². The second kappa shape index (κ2) is 5.69. The lowest BCUT2D eigenvalue weighted by Crippen LogP contribution is -2.40. The number of hydrogen-bond acceptors (Lipinski definition) is 4. The van der Waals surface area contributed by atoms with E-state index in [1.807, 2.05) is 13.0 Å². The minimum Gasteiger partial charge on any atom is -0.312 e. The van der Waals surface area contributed by atoms with Gasteiger partial charge in [-0.25, -0.2) is 8.42 Å². The molecule has 0 radical (unpaired) electrons. The fourth-order valence-corrected chi connectivity index (χ4v) is 4.86. The van der Waals surface area contributed by atoms with E-state index in [-0.39, 0.29) is 6.04 Å². The van der Waals surface area contributed by atoms with E-state index in [0.29, 0.717) is 4.21 Å². The number of hydrogen-bond donors (Lipinski definition) is 1. The third-order valence-electron chi connectivity index (χ3n) is 3.41. The van der Waals surface area contributed by atoms with Crippen molar-refractivity contribution in [2.75, 3.05) is 13.6 Å². The van der Waals surface area contributed by atoms with Gasteiger partial charge in [0, 0.05) is 24.5 Å². The molecule has 102 valence electrons. The zero-order valence-electron chi connectivity index (χ0n) is 10.8. The van der Waals surface area contributed by atoms with E-state index in [9.17, 15) is 8.42 Å². The largest absolute Gasteiger partial charge is 0.312 e. The summed E-state index contributed by atoms with van der Waals surface area (Å²) in [6.45, 7) is 3.67. The molecular formula is C12H20N2O2S2. The van der Waals surface area contributed by atoms with Crippen LogP contribution in [0, 0.1) is 0 Å². The molecule has 0 amide bonds. The summed E-state index contributed by atoms with van der Waals surface area (Å²) in [6, 6.07) is 3.82. The Balaban J connectivity index is 2.11. The van der Waals surface area contributed by atoms with Crippen LogP contribution in [-0.2, 0) is 16.6 Å². The van der Waals surface area contributed by atoms with Crippen LogP contribution in [0.4, 0.5) is 0 Å². The first-order chi connectivity index (χ1) is 8.55. The second-order valence-corrected chi connectivity index (χ2v) is 8.00. The summed E-state index contributed by atoms with van der Waals surface area (Å²) in [5, 5.41) is 3.21. The molecule has 0 aliphatic heterocycles. The normalized spacial score (nSPS) is 17.1. The van der Waals surface area contributed by atoms with Gasteiger partial charge in [-0.05, 0) is 31.5 Å². The van der Waals surface area contributed by atoms with Gasteiger partial charge in [-0.3, -0.25) is 0 Å². The summed E-state index contributed by atoms with van der Waals surface area (Å²) in [5.74, 6) is 0. The highest BCUT2D eigenvalue weighted by Crippen LogP contribution is 2.31. The maximum absolute atomic E-state index is 12.4. The molecule has 1 fully saturated rings. The second-order valence-electron chi connectivity index (χ2n) is 4.61. The molecule has 1 saturated carbocycles. The van der Waals surface area contributed by atoms with E-state index in [2.05, 4.69) is 5.32 Å². The summed E-state index contributed by atoms with van der Waals surface area (Å²) >= 11 is 1.37. The van der Waals surface area contributed by atoms with Gasteiger partial charge in [0.1, 0.15) is 4.21 Å². The summed E-state index contributed by atoms with van der Waals surface area (Å²) in [7, 11) is -1.58. The van der Waals surface area contributed by atoms with Crippen LogP contribution < -0.4 is 5.32 Å². The Bertz CT molecular complexity index is 492. The number of nitrogens with one attached hydrogen (secondary N) is 1. The third-order valence-corrected chi connectivity index (χ3v) is 6.87. The highest BCUT2D eigenvalue weighted by atomic mass is 32.2. The van der Waals surface area contributed by atoms with Crippen molar-refractivity contribution < 1.29 is 8.42 Å². The van der Waals surface area contributed by atoms with Crippen molar-refractivity contribution in [2.24, 2.45) is 0 Å². The molecule has 18 heavy (non-hydrogen) atoms. The molecule has 0 bridgehead atoms. The first-order valence-corrected chi connectivity index (χ1v) is 8.59. The number of nitrogens with zero attached hydrogens (tertiary/aromatic N) is 1. The molecule has 1 aromatic rings.